The van der Waals surface area contributed by atoms with Crippen LogP contribution in [-0.2, 0) is 6.42 Å². The Labute approximate surface area is 130 Å². The smallest absolute Gasteiger partial charge is 0.0669 e. The van der Waals surface area contributed by atoms with Gasteiger partial charge in [0.2, 0.25) is 0 Å². The van der Waals surface area contributed by atoms with Crippen LogP contribution in [0.1, 0.15) is 81.8 Å². The van der Waals surface area contributed by atoms with E-state index in [1.807, 2.05) is 0 Å². The third-order valence-electron chi connectivity index (χ3n) is 5.05. The summed E-state index contributed by atoms with van der Waals surface area (Å²) in [7, 11) is 0. The summed E-state index contributed by atoms with van der Waals surface area (Å²) < 4.78 is 0. The number of nitriles is 1. The lowest BCUT2D eigenvalue weighted by Gasteiger charge is -2.29. The highest BCUT2D eigenvalue weighted by atomic mass is 14.3. The molecular formula is C20H29N. The van der Waals surface area contributed by atoms with Crippen molar-refractivity contribution in [3.8, 4) is 6.07 Å². The zero-order valence-corrected chi connectivity index (χ0v) is 13.5. The van der Waals surface area contributed by atoms with E-state index in [-0.39, 0.29) is 0 Å². The second-order valence-electron chi connectivity index (χ2n) is 6.64. The first-order valence-electron chi connectivity index (χ1n) is 8.79. The number of rotatable bonds is 7. The molecule has 0 saturated heterocycles. The Morgan fingerprint density at radius 1 is 1.00 bits per heavy atom. The second kappa shape index (κ2) is 8.88. The molecule has 21 heavy (non-hydrogen) atoms. The van der Waals surface area contributed by atoms with E-state index in [0.717, 1.165) is 17.4 Å². The highest BCUT2D eigenvalue weighted by Crippen LogP contribution is 2.37. The van der Waals surface area contributed by atoms with Crippen LogP contribution in [0.15, 0.2) is 24.3 Å². The lowest BCUT2D eigenvalue weighted by atomic mass is 9.77. The molecule has 114 valence electrons. The van der Waals surface area contributed by atoms with Crippen molar-refractivity contribution in [2.45, 2.75) is 77.0 Å². The molecule has 0 unspecified atom stereocenters. The van der Waals surface area contributed by atoms with Gasteiger partial charge in [-0.3, -0.25) is 0 Å². The van der Waals surface area contributed by atoms with Gasteiger partial charge in [0.05, 0.1) is 12.5 Å². The molecule has 1 fully saturated rings. The second-order valence-corrected chi connectivity index (χ2v) is 6.64. The first-order chi connectivity index (χ1) is 10.3. The third-order valence-corrected chi connectivity index (χ3v) is 5.05. The Morgan fingerprint density at radius 2 is 1.71 bits per heavy atom. The molecule has 1 saturated carbocycles. The van der Waals surface area contributed by atoms with Crippen LogP contribution in [0.4, 0.5) is 0 Å². The van der Waals surface area contributed by atoms with Gasteiger partial charge in [0.1, 0.15) is 0 Å². The summed E-state index contributed by atoms with van der Waals surface area (Å²) in [4.78, 5) is 0. The van der Waals surface area contributed by atoms with Crippen molar-refractivity contribution in [1.82, 2.24) is 0 Å². The fraction of sp³-hybridized carbons (Fsp3) is 0.650. The molecular weight excluding hydrogens is 254 g/mol. The Bertz CT molecular complexity index is 432. The van der Waals surface area contributed by atoms with Crippen molar-refractivity contribution in [3.63, 3.8) is 0 Å². The number of unbranched alkanes of at least 4 members (excludes halogenated alkanes) is 3. The minimum atomic E-state index is 0.533. The molecule has 0 aliphatic heterocycles. The van der Waals surface area contributed by atoms with Gasteiger partial charge in [-0.05, 0) is 48.6 Å². The normalized spacial score (nSPS) is 21.9. The van der Waals surface area contributed by atoms with Gasteiger partial charge in [0.15, 0.2) is 0 Å². The Morgan fingerprint density at radius 3 is 2.33 bits per heavy atom. The Hall–Kier alpha value is -1.29. The van der Waals surface area contributed by atoms with E-state index < -0.39 is 0 Å². The summed E-state index contributed by atoms with van der Waals surface area (Å²) in [5.41, 5.74) is 2.63. The van der Waals surface area contributed by atoms with Crippen molar-refractivity contribution in [3.05, 3.63) is 35.4 Å². The van der Waals surface area contributed by atoms with E-state index in [4.69, 9.17) is 5.26 Å². The van der Waals surface area contributed by atoms with Crippen molar-refractivity contribution < 1.29 is 0 Å². The minimum absolute atomic E-state index is 0.533. The van der Waals surface area contributed by atoms with Crippen molar-refractivity contribution in [2.75, 3.05) is 0 Å². The Balaban J connectivity index is 1.74. The zero-order chi connectivity index (χ0) is 14.9. The van der Waals surface area contributed by atoms with Crippen molar-refractivity contribution >= 4 is 0 Å². The molecule has 0 aromatic heterocycles. The molecule has 0 heterocycles. The van der Waals surface area contributed by atoms with E-state index in [0.29, 0.717) is 6.42 Å². The lowest BCUT2D eigenvalue weighted by Crippen LogP contribution is -2.13. The average molecular weight is 283 g/mol. The predicted octanol–water partition coefficient (Wildman–Crippen LogP) is 6.00. The summed E-state index contributed by atoms with van der Waals surface area (Å²) in [5.74, 6) is 1.74. The predicted molar refractivity (Wildman–Crippen MR) is 89.2 cm³/mol. The van der Waals surface area contributed by atoms with Crippen LogP contribution in [0, 0.1) is 17.2 Å². The van der Waals surface area contributed by atoms with Gasteiger partial charge in [-0.25, -0.2) is 0 Å². The summed E-state index contributed by atoms with van der Waals surface area (Å²) in [5, 5.41) is 8.72. The van der Waals surface area contributed by atoms with Gasteiger partial charge < -0.3 is 0 Å². The summed E-state index contributed by atoms with van der Waals surface area (Å²) in [6.07, 6.45) is 13.1. The van der Waals surface area contributed by atoms with E-state index in [2.05, 4.69) is 37.3 Å². The van der Waals surface area contributed by atoms with Gasteiger partial charge in [-0.15, -0.1) is 0 Å². The fourth-order valence-corrected chi connectivity index (χ4v) is 3.64. The molecule has 0 atom stereocenters. The van der Waals surface area contributed by atoms with E-state index in [9.17, 15) is 0 Å². The van der Waals surface area contributed by atoms with Gasteiger partial charge >= 0.3 is 0 Å². The number of nitrogens with zero attached hydrogens (tertiary/aromatic N) is 1. The number of benzene rings is 1. The van der Waals surface area contributed by atoms with Gasteiger partial charge in [0.25, 0.3) is 0 Å². The fourth-order valence-electron chi connectivity index (χ4n) is 3.64. The van der Waals surface area contributed by atoms with E-state index in [1.165, 1.54) is 63.4 Å². The minimum Gasteiger partial charge on any atom is -0.198 e. The maximum atomic E-state index is 8.72. The monoisotopic (exact) mass is 283 g/mol. The molecule has 1 nitrogen and oxygen atoms in total. The largest absolute Gasteiger partial charge is 0.198 e. The third kappa shape index (κ3) is 5.20. The van der Waals surface area contributed by atoms with Crippen LogP contribution in [0.5, 0.6) is 0 Å². The molecule has 2 rings (SSSR count). The maximum absolute atomic E-state index is 8.72. The van der Waals surface area contributed by atoms with Crippen molar-refractivity contribution in [1.29, 1.82) is 5.26 Å². The average Bonchev–Trinajstić information content (AvgIpc) is 2.53. The van der Waals surface area contributed by atoms with Crippen LogP contribution in [0.25, 0.3) is 0 Å². The van der Waals surface area contributed by atoms with Gasteiger partial charge in [-0.2, -0.15) is 5.26 Å². The standard InChI is InChI=1S/C20H29N/c1-2-3-4-5-6-17-7-11-19(12-8-17)20-13-9-18(10-14-20)15-16-21/h9-10,13-14,17,19H,2-8,11-12,15H2,1H3. The number of hydrogen-bond acceptors (Lipinski definition) is 1. The van der Waals surface area contributed by atoms with Crippen LogP contribution >= 0.6 is 0 Å². The van der Waals surface area contributed by atoms with Gasteiger partial charge in [-0.1, -0.05) is 63.3 Å². The summed E-state index contributed by atoms with van der Waals surface area (Å²) in [6, 6.07) is 11.0. The van der Waals surface area contributed by atoms with Crippen LogP contribution < -0.4 is 0 Å². The van der Waals surface area contributed by atoms with Crippen molar-refractivity contribution in [2.24, 2.45) is 5.92 Å². The molecule has 0 spiro atoms. The molecule has 1 aliphatic rings. The zero-order valence-electron chi connectivity index (χ0n) is 13.5. The molecule has 0 N–H and O–H groups in total. The Kier molecular flexibility index (Phi) is 6.80. The lowest BCUT2D eigenvalue weighted by molar-refractivity contribution is 0.302. The van der Waals surface area contributed by atoms with Crippen LogP contribution in [-0.4, -0.2) is 0 Å². The molecule has 1 aromatic rings. The number of hydrogen-bond donors (Lipinski definition) is 0. The quantitative estimate of drug-likeness (QED) is 0.563. The maximum Gasteiger partial charge on any atom is 0.0669 e. The summed E-state index contributed by atoms with van der Waals surface area (Å²) in [6.45, 7) is 2.28. The van der Waals surface area contributed by atoms with Gasteiger partial charge in [0, 0.05) is 0 Å². The van der Waals surface area contributed by atoms with Crippen LogP contribution in [0.3, 0.4) is 0 Å². The highest BCUT2D eigenvalue weighted by molar-refractivity contribution is 5.27. The highest BCUT2D eigenvalue weighted by Gasteiger charge is 2.21. The van der Waals surface area contributed by atoms with E-state index >= 15 is 0 Å². The molecule has 1 heteroatoms. The molecule has 1 aliphatic carbocycles. The molecule has 0 radical (unpaired) electrons. The molecule has 1 aromatic carbocycles. The van der Waals surface area contributed by atoms with Crippen LogP contribution in [0.2, 0.25) is 0 Å². The SMILES string of the molecule is CCCCCCC1CCC(c2ccc(CC#N)cc2)CC1. The topological polar surface area (TPSA) is 23.8 Å². The summed E-state index contributed by atoms with van der Waals surface area (Å²) >= 11 is 0. The van der Waals surface area contributed by atoms with E-state index in [1.54, 1.807) is 0 Å². The first kappa shape index (κ1) is 16.1. The molecule has 0 amide bonds. The molecule has 0 bridgehead atoms. The first-order valence-corrected chi connectivity index (χ1v) is 8.79.